The average Bonchev–Trinajstić information content (AvgIpc) is 3.70. The molecule has 4 amide bonds. The number of hydrogen-bond acceptors (Lipinski definition) is 29. The Bertz CT molecular complexity index is 1860. The lowest BCUT2D eigenvalue weighted by Gasteiger charge is -2.25. The predicted octanol–water partition coefficient (Wildman–Crippen LogP) is -7.88. The van der Waals surface area contributed by atoms with E-state index in [0.29, 0.717) is 26.1 Å². The van der Waals surface area contributed by atoms with Gasteiger partial charge in [0.2, 0.25) is 5.91 Å². The average molecular weight is 1290 g/mol. The lowest BCUT2D eigenvalue weighted by Crippen LogP contribution is -2.53. The van der Waals surface area contributed by atoms with Crippen molar-refractivity contribution in [2.75, 3.05) is 82.3 Å². The van der Waals surface area contributed by atoms with E-state index in [1.165, 1.54) is 18.7 Å². The van der Waals surface area contributed by atoms with Gasteiger partial charge in [-0.15, -0.1) is 11.8 Å². The van der Waals surface area contributed by atoms with Crippen LogP contribution in [-0.4, -0.2) is 292 Å². The second-order valence-electron chi connectivity index (χ2n) is 18.9. The molecule has 0 heterocycles. The van der Waals surface area contributed by atoms with Crippen molar-refractivity contribution < 1.29 is 129 Å². The van der Waals surface area contributed by atoms with Gasteiger partial charge in [0, 0.05) is 83.1 Å². The number of carboxylic acid groups (broad SMARTS) is 2. The molecule has 0 spiro atoms. The molecule has 0 aliphatic carbocycles. The Hall–Kier alpha value is -4.48. The molecular weight excluding hydrogens is 1190 g/mol. The van der Waals surface area contributed by atoms with Crippen LogP contribution in [0.1, 0.15) is 92.4 Å². The smallest absolute Gasteiger partial charge is 0.321 e. The highest BCUT2D eigenvalue weighted by atomic mass is 32.2. The minimum atomic E-state index is -2.19. The zero-order chi connectivity index (χ0) is 65.8. The molecule has 0 aromatic heterocycles. The molecule has 0 aliphatic rings. The maximum atomic E-state index is 12.1. The summed E-state index contributed by atoms with van der Waals surface area (Å²) in [5.41, 5.74) is 15.6. The standard InChI is InChI=1S/C23H39N3O12S2.C15H30N2O8.C12H24N2O6.CH4/c1-12(22(35)36)8-39-9-13(27)4-2-7-26-21(34)20(33)19(32)18(31)17(30)15(28)5-3-6-25-16(29)11-40-10-14(24)23(37)38;1-2-6-24-7-3-4-10(18)11(19)12(20)13(21)14(22)15(23)17-5-8-25-9-16;1-2-3-4-7(15)8(16)9(17)10(18)11(19)12(20)14-6-5-13;/h12,14,17-20,30-33H,2-11,24H2,1H3,(H,25,29)(H,26,34)(H,35,36)(H,37,38);11-14,19-22H,2-9,16H2,1H3,(H,17,23);8-11,16-19H,2-6,13H2,1H3,(H,14,20);1H4/t12?,14?,17-,18+,19+,20-;11-,12+,13+,14-;8-,9+,10+,11-;/m000./s1. The summed E-state index contributed by atoms with van der Waals surface area (Å²) in [5.74, 6) is -8.19. The first-order chi connectivity index (χ1) is 39.9. The highest BCUT2D eigenvalue weighted by Crippen LogP contribution is 2.14. The summed E-state index contributed by atoms with van der Waals surface area (Å²) in [6.45, 7) is 6.57. The summed E-state index contributed by atoms with van der Waals surface area (Å²) in [7, 11) is 0. The lowest BCUT2D eigenvalue weighted by molar-refractivity contribution is -0.154. The van der Waals surface area contributed by atoms with Crippen LogP contribution >= 0.6 is 23.5 Å². The summed E-state index contributed by atoms with van der Waals surface area (Å²) in [4.78, 5) is 115. The van der Waals surface area contributed by atoms with E-state index in [1.54, 1.807) is 0 Å². The molecule has 504 valence electrons. The Kier molecular flexibility index (Phi) is 53.6. The molecule has 0 aromatic rings. The number of Topliss-reactive ketones (excluding diaryl/α,β-unsaturated/α-hetero) is 4. The molecule has 0 radical (unpaired) electrons. The van der Waals surface area contributed by atoms with E-state index < -0.39 is 138 Å². The van der Waals surface area contributed by atoms with Gasteiger partial charge in [-0.05, 0) is 32.1 Å². The molecule has 0 rings (SSSR count). The zero-order valence-corrected chi connectivity index (χ0v) is 49.7. The van der Waals surface area contributed by atoms with Crippen molar-refractivity contribution in [3.63, 3.8) is 0 Å². The summed E-state index contributed by atoms with van der Waals surface area (Å²) >= 11 is 2.20. The van der Waals surface area contributed by atoms with Crippen LogP contribution in [-0.2, 0) is 57.4 Å². The molecular formula is C51H97N7O26S2. The van der Waals surface area contributed by atoms with E-state index in [9.17, 15) is 109 Å². The van der Waals surface area contributed by atoms with E-state index in [-0.39, 0.29) is 121 Å². The second-order valence-corrected chi connectivity index (χ2v) is 20.9. The monoisotopic (exact) mass is 1290 g/mol. The summed E-state index contributed by atoms with van der Waals surface area (Å²) in [6, 6.07) is -1.10. The van der Waals surface area contributed by atoms with Crippen molar-refractivity contribution in [1.82, 2.24) is 21.3 Å². The molecule has 35 heteroatoms. The van der Waals surface area contributed by atoms with Crippen LogP contribution in [0.15, 0.2) is 0 Å². The number of aliphatic hydroxyl groups excluding tert-OH is 12. The molecule has 0 saturated heterocycles. The number of nitrogens with two attached hydrogens (primary N) is 3. The van der Waals surface area contributed by atoms with Crippen LogP contribution in [0.2, 0.25) is 0 Å². The van der Waals surface area contributed by atoms with Crippen molar-refractivity contribution in [1.29, 1.82) is 0 Å². The fraction of sp³-hybridized carbons (Fsp3) is 0.804. The number of nitrogens with one attached hydrogen (secondary N) is 4. The topological polar surface area (TPSA) is 599 Å². The predicted molar refractivity (Wildman–Crippen MR) is 310 cm³/mol. The Labute approximate surface area is 507 Å². The number of carbonyl (C=O) groups excluding carboxylic acids is 8. The van der Waals surface area contributed by atoms with Gasteiger partial charge in [0.15, 0.2) is 35.7 Å². The SMILES string of the molecule is C.CC(CSCC(=O)CCCNC(=O)[C@@H](O)[C@H](O)[C@H](O)[C@@H](O)C(=O)CCCNC(=O)CSCC(N)C(=O)O)C(=O)O.CCCCC(=O)[C@H](O)[C@@H](O)[C@@H](O)[C@H](O)C(=O)NCCN.CCCOCCCC(=O)[C@H](O)[C@@H](O)[C@@H](O)[C@H](O)C(=O)NCCOCN. The van der Waals surface area contributed by atoms with Gasteiger partial charge in [0.25, 0.3) is 17.7 Å². The first-order valence-electron chi connectivity index (χ1n) is 27.2. The maximum absolute atomic E-state index is 12.1. The van der Waals surface area contributed by atoms with Gasteiger partial charge < -0.3 is 119 Å². The van der Waals surface area contributed by atoms with E-state index in [4.69, 9.17) is 36.9 Å². The van der Waals surface area contributed by atoms with Crippen molar-refractivity contribution in [2.45, 2.75) is 172 Å². The van der Waals surface area contributed by atoms with Crippen LogP contribution in [0, 0.1) is 5.92 Å². The molecule has 0 saturated carbocycles. The minimum absolute atomic E-state index is 0. The number of hydrogen-bond donors (Lipinski definition) is 21. The lowest BCUT2D eigenvalue weighted by atomic mass is 9.97. The van der Waals surface area contributed by atoms with Gasteiger partial charge in [0.1, 0.15) is 66.8 Å². The molecule has 0 bridgehead atoms. The van der Waals surface area contributed by atoms with Crippen molar-refractivity contribution >= 4 is 82.2 Å². The number of rotatable bonds is 48. The fourth-order valence-electron chi connectivity index (χ4n) is 6.27. The third-order valence-corrected chi connectivity index (χ3v) is 13.8. The Morgan fingerprint density at radius 2 is 0.860 bits per heavy atom. The number of thioether (sulfide) groups is 2. The number of aliphatic carboxylic acids is 2. The van der Waals surface area contributed by atoms with Crippen LogP contribution in [0.4, 0.5) is 0 Å². The molecule has 24 N–H and O–H groups in total. The third kappa shape index (κ3) is 40.1. The summed E-state index contributed by atoms with van der Waals surface area (Å²) < 4.78 is 9.97. The summed E-state index contributed by atoms with van der Waals surface area (Å²) in [5, 5.41) is 144. The van der Waals surface area contributed by atoms with Crippen LogP contribution in [0.3, 0.4) is 0 Å². The van der Waals surface area contributed by atoms with E-state index >= 15 is 0 Å². The first-order valence-corrected chi connectivity index (χ1v) is 29.5. The van der Waals surface area contributed by atoms with Crippen molar-refractivity contribution in [3.8, 4) is 0 Å². The van der Waals surface area contributed by atoms with E-state index in [2.05, 4.69) is 21.3 Å². The summed E-state index contributed by atoms with van der Waals surface area (Å²) in [6.07, 6.45) is -21.8. The normalized spacial score (nSPS) is 15.9. The van der Waals surface area contributed by atoms with Gasteiger partial charge in [-0.25, -0.2) is 0 Å². The van der Waals surface area contributed by atoms with Crippen LogP contribution < -0.4 is 38.5 Å². The van der Waals surface area contributed by atoms with E-state index in [0.717, 1.165) is 24.6 Å². The molecule has 14 atom stereocenters. The molecule has 0 aliphatic heterocycles. The second kappa shape index (κ2) is 52.5. The number of unbranched alkanes of at least 4 members (excludes halogenated alkanes) is 1. The maximum Gasteiger partial charge on any atom is 0.321 e. The Morgan fingerprint density at radius 3 is 1.29 bits per heavy atom. The third-order valence-electron chi connectivity index (χ3n) is 11.5. The highest BCUT2D eigenvalue weighted by molar-refractivity contribution is 8.00. The van der Waals surface area contributed by atoms with E-state index in [1.807, 2.05) is 13.8 Å². The van der Waals surface area contributed by atoms with Gasteiger partial charge in [0.05, 0.1) is 30.8 Å². The molecule has 33 nitrogen and oxygen atoms in total. The zero-order valence-electron chi connectivity index (χ0n) is 48.1. The van der Waals surface area contributed by atoms with Gasteiger partial charge in [-0.3, -0.25) is 47.9 Å². The van der Waals surface area contributed by atoms with Crippen molar-refractivity contribution in [3.05, 3.63) is 0 Å². The van der Waals surface area contributed by atoms with Gasteiger partial charge in [-0.1, -0.05) is 34.6 Å². The fourth-order valence-corrected chi connectivity index (χ4v) is 8.05. The largest absolute Gasteiger partial charge is 0.481 e. The molecule has 0 aromatic carbocycles. The molecule has 2 unspecified atom stereocenters. The molecule has 0 fully saturated rings. The number of ether oxygens (including phenoxy) is 2. The number of amides is 4. The van der Waals surface area contributed by atoms with Gasteiger partial charge >= 0.3 is 11.9 Å². The number of carboxylic acids is 2. The van der Waals surface area contributed by atoms with Gasteiger partial charge in [-0.2, -0.15) is 11.8 Å². The number of carbonyl (C=O) groups is 10. The van der Waals surface area contributed by atoms with Crippen LogP contribution in [0.5, 0.6) is 0 Å². The Balaban J connectivity index is -0.000000627. The Morgan fingerprint density at radius 1 is 0.453 bits per heavy atom. The highest BCUT2D eigenvalue weighted by Gasteiger charge is 2.39. The number of aliphatic hydroxyl groups is 12. The number of ketones is 4. The van der Waals surface area contributed by atoms with Crippen molar-refractivity contribution in [2.24, 2.45) is 23.1 Å². The minimum Gasteiger partial charge on any atom is -0.481 e. The first kappa shape index (κ1) is 88.0. The quantitative estimate of drug-likeness (QED) is 0.0199. The van der Waals surface area contributed by atoms with Crippen LogP contribution in [0.25, 0.3) is 0 Å². The molecule has 86 heavy (non-hydrogen) atoms.